The van der Waals surface area contributed by atoms with Crippen molar-refractivity contribution in [1.82, 2.24) is 0 Å². The smallest absolute Gasteiger partial charge is 0.188 e. The van der Waals surface area contributed by atoms with Crippen molar-refractivity contribution in [2.45, 2.75) is 97.3 Å². The fourth-order valence-electron chi connectivity index (χ4n) is 2.60. The van der Waals surface area contributed by atoms with Crippen molar-refractivity contribution in [3.05, 3.63) is 6.92 Å². The Kier molecular flexibility index (Phi) is 16.4. The standard InChI is InChI=1S/C19H37OS/c1-4-21-19(20)17-15-13-11-9-7-5-6-8-10-12-14-16-18(2)3/h18H,1,4-17H2,2-3H3. The quantitative estimate of drug-likeness (QED) is 0.309. The Labute approximate surface area is 138 Å². The average Bonchev–Trinajstić information content (AvgIpc) is 2.44. The van der Waals surface area contributed by atoms with Crippen molar-refractivity contribution in [3.63, 3.8) is 0 Å². The molecule has 1 radical (unpaired) electrons. The van der Waals surface area contributed by atoms with Gasteiger partial charge in [-0.25, -0.2) is 0 Å². The van der Waals surface area contributed by atoms with E-state index in [1.807, 2.05) is 0 Å². The van der Waals surface area contributed by atoms with E-state index in [4.69, 9.17) is 0 Å². The molecule has 0 spiro atoms. The van der Waals surface area contributed by atoms with Crippen LogP contribution in [-0.4, -0.2) is 10.9 Å². The zero-order chi connectivity index (χ0) is 15.8. The Morgan fingerprint density at radius 3 is 1.67 bits per heavy atom. The number of hydrogen-bond donors (Lipinski definition) is 0. The molecule has 0 aliphatic carbocycles. The molecule has 1 nitrogen and oxygen atoms in total. The van der Waals surface area contributed by atoms with E-state index in [1.54, 1.807) is 0 Å². The lowest BCUT2D eigenvalue weighted by Gasteiger charge is -2.04. The molecule has 0 saturated heterocycles. The van der Waals surface area contributed by atoms with Gasteiger partial charge in [-0.1, -0.05) is 96.2 Å². The highest BCUT2D eigenvalue weighted by atomic mass is 32.2. The zero-order valence-electron chi connectivity index (χ0n) is 14.5. The van der Waals surface area contributed by atoms with Gasteiger partial charge < -0.3 is 0 Å². The van der Waals surface area contributed by atoms with E-state index in [0.717, 1.165) is 18.8 Å². The average molecular weight is 314 g/mol. The van der Waals surface area contributed by atoms with Crippen LogP contribution in [0.5, 0.6) is 0 Å². The summed E-state index contributed by atoms with van der Waals surface area (Å²) in [4.78, 5) is 11.3. The maximum atomic E-state index is 11.3. The second kappa shape index (κ2) is 16.4. The van der Waals surface area contributed by atoms with E-state index in [1.165, 1.54) is 82.4 Å². The molecule has 0 rings (SSSR count). The molecule has 0 saturated carbocycles. The topological polar surface area (TPSA) is 17.1 Å². The SMILES string of the molecule is [CH2]CSC(=O)CCCCCCCCCCCCCC(C)C. The molecule has 0 N–H and O–H groups in total. The third-order valence-electron chi connectivity index (χ3n) is 3.93. The van der Waals surface area contributed by atoms with Crippen LogP contribution in [0.2, 0.25) is 0 Å². The molecule has 0 amide bonds. The molecule has 21 heavy (non-hydrogen) atoms. The lowest BCUT2D eigenvalue weighted by molar-refractivity contribution is -0.111. The van der Waals surface area contributed by atoms with Crippen LogP contribution in [0.25, 0.3) is 0 Å². The van der Waals surface area contributed by atoms with Crippen molar-refractivity contribution >= 4 is 16.9 Å². The van der Waals surface area contributed by atoms with Gasteiger partial charge in [0.2, 0.25) is 0 Å². The first-order valence-corrected chi connectivity index (χ1v) is 10.1. The highest BCUT2D eigenvalue weighted by molar-refractivity contribution is 8.13. The Bertz CT molecular complexity index is 226. The zero-order valence-corrected chi connectivity index (χ0v) is 15.3. The highest BCUT2D eigenvalue weighted by Gasteiger charge is 2.00. The number of rotatable bonds is 15. The molecule has 2 heteroatoms. The third kappa shape index (κ3) is 18.0. The van der Waals surface area contributed by atoms with E-state index >= 15 is 0 Å². The summed E-state index contributed by atoms with van der Waals surface area (Å²) in [5.41, 5.74) is 0. The minimum Gasteiger partial charge on any atom is -0.287 e. The van der Waals surface area contributed by atoms with Crippen LogP contribution in [0, 0.1) is 12.8 Å². The normalized spacial score (nSPS) is 11.2. The van der Waals surface area contributed by atoms with Crippen LogP contribution in [-0.2, 0) is 4.79 Å². The first kappa shape index (κ1) is 21.0. The van der Waals surface area contributed by atoms with E-state index in [9.17, 15) is 4.79 Å². The van der Waals surface area contributed by atoms with Crippen LogP contribution in [0.3, 0.4) is 0 Å². The van der Waals surface area contributed by atoms with Gasteiger partial charge in [0, 0.05) is 12.2 Å². The summed E-state index contributed by atoms with van der Waals surface area (Å²) in [6.07, 6.45) is 17.0. The summed E-state index contributed by atoms with van der Waals surface area (Å²) >= 11 is 1.37. The second-order valence-electron chi connectivity index (χ2n) is 6.54. The van der Waals surface area contributed by atoms with E-state index in [-0.39, 0.29) is 0 Å². The second-order valence-corrected chi connectivity index (χ2v) is 7.69. The Hall–Kier alpha value is 0.0200. The summed E-state index contributed by atoms with van der Waals surface area (Å²) in [5, 5.41) is 0.322. The predicted molar refractivity (Wildman–Crippen MR) is 97.7 cm³/mol. The van der Waals surface area contributed by atoms with Crippen LogP contribution in [0.15, 0.2) is 0 Å². The van der Waals surface area contributed by atoms with Crippen molar-refractivity contribution in [2.24, 2.45) is 5.92 Å². The van der Waals surface area contributed by atoms with Crippen LogP contribution in [0.1, 0.15) is 97.3 Å². The maximum absolute atomic E-state index is 11.3. The molecule has 125 valence electrons. The van der Waals surface area contributed by atoms with Crippen LogP contribution >= 0.6 is 11.8 Å². The minimum atomic E-state index is 0.322. The maximum Gasteiger partial charge on any atom is 0.188 e. The van der Waals surface area contributed by atoms with Gasteiger partial charge in [0.15, 0.2) is 5.12 Å². The molecular weight excluding hydrogens is 276 g/mol. The van der Waals surface area contributed by atoms with E-state index in [2.05, 4.69) is 20.8 Å². The number of thioether (sulfide) groups is 1. The van der Waals surface area contributed by atoms with Crippen LogP contribution < -0.4 is 0 Å². The van der Waals surface area contributed by atoms with E-state index in [0.29, 0.717) is 10.9 Å². The third-order valence-corrected chi connectivity index (χ3v) is 4.66. The van der Waals surface area contributed by atoms with Gasteiger partial charge >= 0.3 is 0 Å². The molecule has 0 aromatic carbocycles. The monoisotopic (exact) mass is 313 g/mol. The summed E-state index contributed by atoms with van der Waals surface area (Å²) < 4.78 is 0. The van der Waals surface area contributed by atoms with Crippen LogP contribution in [0.4, 0.5) is 0 Å². The lowest BCUT2D eigenvalue weighted by atomic mass is 10.0. The Balaban J connectivity index is 3.04. The predicted octanol–water partition coefficient (Wildman–Crippen LogP) is 6.81. The van der Waals surface area contributed by atoms with Gasteiger partial charge in [-0.15, -0.1) is 0 Å². The van der Waals surface area contributed by atoms with Crippen molar-refractivity contribution in [2.75, 3.05) is 5.75 Å². The number of hydrogen-bond acceptors (Lipinski definition) is 2. The number of carbonyl (C=O) groups is 1. The van der Waals surface area contributed by atoms with Gasteiger partial charge in [-0.2, -0.15) is 0 Å². The minimum absolute atomic E-state index is 0.322. The van der Waals surface area contributed by atoms with E-state index < -0.39 is 0 Å². The van der Waals surface area contributed by atoms with Gasteiger partial charge in [0.1, 0.15) is 0 Å². The molecule has 0 aliphatic rings. The molecule has 0 aromatic heterocycles. The first-order valence-electron chi connectivity index (χ1n) is 9.11. The van der Waals surface area contributed by atoms with Crippen molar-refractivity contribution < 1.29 is 4.79 Å². The van der Waals surface area contributed by atoms with Gasteiger partial charge in [0.05, 0.1) is 0 Å². The first-order chi connectivity index (χ1) is 10.2. The molecule has 0 aromatic rings. The molecule has 0 fully saturated rings. The Morgan fingerprint density at radius 1 is 0.810 bits per heavy atom. The molecule has 0 heterocycles. The lowest BCUT2D eigenvalue weighted by Crippen LogP contribution is -1.92. The summed E-state index contributed by atoms with van der Waals surface area (Å²) in [6.45, 7) is 8.32. The van der Waals surface area contributed by atoms with Gasteiger partial charge in [-0.3, -0.25) is 4.79 Å². The molecule has 0 atom stereocenters. The molecule has 0 bridgehead atoms. The van der Waals surface area contributed by atoms with Crippen molar-refractivity contribution in [3.8, 4) is 0 Å². The largest absolute Gasteiger partial charge is 0.287 e. The number of unbranched alkanes of at least 4 members (excludes halogenated alkanes) is 10. The Morgan fingerprint density at radius 2 is 1.24 bits per heavy atom. The van der Waals surface area contributed by atoms with Crippen molar-refractivity contribution in [1.29, 1.82) is 0 Å². The summed E-state index contributed by atoms with van der Waals surface area (Å²) in [6, 6.07) is 0. The van der Waals surface area contributed by atoms with Gasteiger partial charge in [-0.05, 0) is 19.3 Å². The fraction of sp³-hybridized carbons (Fsp3) is 0.895. The molecular formula is C19H37OS. The molecule has 0 aliphatic heterocycles. The summed E-state index contributed by atoms with van der Waals surface area (Å²) in [7, 11) is 0. The van der Waals surface area contributed by atoms with Gasteiger partial charge in [0.25, 0.3) is 0 Å². The highest BCUT2D eigenvalue weighted by Crippen LogP contribution is 2.15. The molecule has 0 unspecified atom stereocenters. The summed E-state index contributed by atoms with van der Waals surface area (Å²) in [5.74, 6) is 1.55. The fourth-order valence-corrected chi connectivity index (χ4v) is 3.12. The number of carbonyl (C=O) groups excluding carboxylic acids is 1.